The molecular formula is C10H12ClF6NO. The summed E-state index contributed by atoms with van der Waals surface area (Å²) < 4.78 is 73.7. The summed E-state index contributed by atoms with van der Waals surface area (Å²) in [7, 11) is 0. The lowest BCUT2D eigenvalue weighted by Gasteiger charge is -2.29. The summed E-state index contributed by atoms with van der Waals surface area (Å²) in [5.41, 5.74) is 0. The maximum absolute atomic E-state index is 12.3. The van der Waals surface area contributed by atoms with Crippen LogP contribution < -0.4 is 5.32 Å². The fraction of sp³-hybridized carbons (Fsp3) is 0.900. The fourth-order valence-corrected chi connectivity index (χ4v) is 2.22. The average molecular weight is 312 g/mol. The van der Waals surface area contributed by atoms with Gasteiger partial charge < -0.3 is 5.32 Å². The molecular weight excluding hydrogens is 300 g/mol. The van der Waals surface area contributed by atoms with E-state index < -0.39 is 30.2 Å². The number of nitrogens with one attached hydrogen (secondary N) is 1. The van der Waals surface area contributed by atoms with E-state index in [9.17, 15) is 31.1 Å². The molecule has 9 heteroatoms. The van der Waals surface area contributed by atoms with Crippen LogP contribution in [0.15, 0.2) is 0 Å². The Morgan fingerprint density at radius 1 is 1.00 bits per heavy atom. The zero-order chi connectivity index (χ0) is 14.8. The SMILES string of the molecule is O=C(NC1CCC(Cl)CC1)C(C(F)(F)F)C(F)(F)F. The van der Waals surface area contributed by atoms with Crippen molar-refractivity contribution in [3.05, 3.63) is 0 Å². The number of hydrogen-bond donors (Lipinski definition) is 1. The number of carbonyl (C=O) groups is 1. The van der Waals surface area contributed by atoms with Crippen molar-refractivity contribution < 1.29 is 31.1 Å². The van der Waals surface area contributed by atoms with Gasteiger partial charge in [0.05, 0.1) is 0 Å². The van der Waals surface area contributed by atoms with E-state index in [4.69, 9.17) is 11.6 Å². The molecule has 0 aromatic heterocycles. The molecule has 1 aliphatic carbocycles. The van der Waals surface area contributed by atoms with E-state index >= 15 is 0 Å². The summed E-state index contributed by atoms with van der Waals surface area (Å²) in [4.78, 5) is 11.2. The van der Waals surface area contributed by atoms with Crippen molar-refractivity contribution in [2.45, 2.75) is 49.5 Å². The second-order valence-electron chi connectivity index (χ2n) is 4.47. The maximum atomic E-state index is 12.3. The van der Waals surface area contributed by atoms with Crippen LogP contribution in [0.1, 0.15) is 25.7 Å². The van der Waals surface area contributed by atoms with Crippen LogP contribution in [0.2, 0.25) is 0 Å². The Bertz CT molecular complexity index is 307. The van der Waals surface area contributed by atoms with Gasteiger partial charge in [0, 0.05) is 11.4 Å². The molecule has 0 heterocycles. The molecule has 1 amide bonds. The molecule has 0 aromatic carbocycles. The first-order valence-corrected chi connectivity index (χ1v) is 6.03. The number of alkyl halides is 7. The molecule has 1 rings (SSSR count). The number of halogens is 7. The monoisotopic (exact) mass is 311 g/mol. The van der Waals surface area contributed by atoms with Crippen molar-refractivity contribution in [3.8, 4) is 0 Å². The predicted octanol–water partition coefficient (Wildman–Crippen LogP) is 3.39. The lowest BCUT2D eigenvalue weighted by atomic mass is 9.94. The average Bonchev–Trinajstić information content (AvgIpc) is 2.16. The van der Waals surface area contributed by atoms with Gasteiger partial charge in [0.15, 0.2) is 0 Å². The number of carbonyl (C=O) groups excluding carboxylic acids is 1. The van der Waals surface area contributed by atoms with Crippen molar-refractivity contribution >= 4 is 17.5 Å². The van der Waals surface area contributed by atoms with Crippen LogP contribution in [-0.2, 0) is 4.79 Å². The molecule has 0 bridgehead atoms. The molecule has 0 saturated heterocycles. The lowest BCUT2D eigenvalue weighted by molar-refractivity contribution is -0.274. The van der Waals surface area contributed by atoms with Crippen molar-refractivity contribution in [2.24, 2.45) is 5.92 Å². The molecule has 112 valence electrons. The van der Waals surface area contributed by atoms with Crippen LogP contribution in [0.4, 0.5) is 26.3 Å². The first kappa shape index (κ1) is 16.4. The number of hydrogen-bond acceptors (Lipinski definition) is 1. The van der Waals surface area contributed by atoms with Gasteiger partial charge in [-0.05, 0) is 25.7 Å². The second-order valence-corrected chi connectivity index (χ2v) is 5.09. The van der Waals surface area contributed by atoms with E-state index in [1.807, 2.05) is 5.32 Å². The van der Waals surface area contributed by atoms with Crippen molar-refractivity contribution in [2.75, 3.05) is 0 Å². The van der Waals surface area contributed by atoms with Gasteiger partial charge in [0.2, 0.25) is 11.8 Å². The summed E-state index contributed by atoms with van der Waals surface area (Å²) in [5, 5.41) is 1.67. The Morgan fingerprint density at radius 3 is 1.79 bits per heavy atom. The Balaban J connectivity index is 2.68. The van der Waals surface area contributed by atoms with Crippen LogP contribution in [0.5, 0.6) is 0 Å². The normalized spacial score (nSPS) is 25.5. The van der Waals surface area contributed by atoms with Crippen LogP contribution >= 0.6 is 11.6 Å². The Morgan fingerprint density at radius 2 is 1.42 bits per heavy atom. The Labute approximate surface area is 110 Å². The minimum absolute atomic E-state index is 0.144. The highest BCUT2D eigenvalue weighted by Gasteiger charge is 2.61. The number of amides is 1. The largest absolute Gasteiger partial charge is 0.409 e. The first-order valence-electron chi connectivity index (χ1n) is 5.59. The second kappa shape index (κ2) is 5.76. The van der Waals surface area contributed by atoms with Gasteiger partial charge >= 0.3 is 12.4 Å². The summed E-state index contributed by atoms with van der Waals surface area (Å²) in [6, 6.07) is -0.685. The van der Waals surface area contributed by atoms with Crippen LogP contribution in [0.3, 0.4) is 0 Å². The van der Waals surface area contributed by atoms with Gasteiger partial charge in [-0.3, -0.25) is 4.79 Å². The Hall–Kier alpha value is -0.660. The highest BCUT2D eigenvalue weighted by atomic mass is 35.5. The van der Waals surface area contributed by atoms with Gasteiger partial charge in [-0.15, -0.1) is 11.6 Å². The molecule has 0 unspecified atom stereocenters. The first-order chi connectivity index (χ1) is 8.51. The molecule has 0 spiro atoms. The zero-order valence-electron chi connectivity index (χ0n) is 9.61. The minimum atomic E-state index is -5.65. The van der Waals surface area contributed by atoms with Gasteiger partial charge in [-0.25, -0.2) is 0 Å². The lowest BCUT2D eigenvalue weighted by Crippen LogP contribution is -2.51. The Kier molecular flexibility index (Phi) is 4.97. The predicted molar refractivity (Wildman–Crippen MR) is 55.6 cm³/mol. The van der Waals surface area contributed by atoms with Crippen LogP contribution in [0.25, 0.3) is 0 Å². The molecule has 0 radical (unpaired) electrons. The third-order valence-electron chi connectivity index (χ3n) is 2.92. The topological polar surface area (TPSA) is 29.1 Å². The van der Waals surface area contributed by atoms with E-state index in [1.165, 1.54) is 0 Å². The highest BCUT2D eigenvalue weighted by molar-refractivity contribution is 6.20. The molecule has 1 aliphatic rings. The molecule has 1 N–H and O–H groups in total. The quantitative estimate of drug-likeness (QED) is 0.614. The van der Waals surface area contributed by atoms with Crippen molar-refractivity contribution in [1.29, 1.82) is 0 Å². The minimum Gasteiger partial charge on any atom is -0.353 e. The summed E-state index contributed by atoms with van der Waals surface area (Å²) in [5.74, 6) is -6.02. The smallest absolute Gasteiger partial charge is 0.353 e. The maximum Gasteiger partial charge on any atom is 0.409 e. The summed E-state index contributed by atoms with van der Waals surface area (Å²) in [6.07, 6.45) is -9.83. The van der Waals surface area contributed by atoms with Gasteiger partial charge in [0.1, 0.15) is 0 Å². The third kappa shape index (κ3) is 4.74. The summed E-state index contributed by atoms with van der Waals surface area (Å²) >= 11 is 5.75. The molecule has 0 aliphatic heterocycles. The fourth-order valence-electron chi connectivity index (χ4n) is 1.96. The van der Waals surface area contributed by atoms with Crippen molar-refractivity contribution in [3.63, 3.8) is 0 Å². The molecule has 0 atom stereocenters. The zero-order valence-corrected chi connectivity index (χ0v) is 10.4. The van der Waals surface area contributed by atoms with E-state index in [-0.39, 0.29) is 18.2 Å². The standard InChI is InChI=1S/C10H12ClF6NO/c11-5-1-3-6(4-2-5)18-8(19)7(9(12,13)14)10(15,16)17/h5-7H,1-4H2,(H,18,19). The van der Waals surface area contributed by atoms with E-state index in [0.29, 0.717) is 12.8 Å². The van der Waals surface area contributed by atoms with E-state index in [1.54, 1.807) is 0 Å². The summed E-state index contributed by atoms with van der Waals surface area (Å²) in [6.45, 7) is 0. The van der Waals surface area contributed by atoms with E-state index in [2.05, 4.69) is 0 Å². The van der Waals surface area contributed by atoms with Gasteiger partial charge in [-0.1, -0.05) is 0 Å². The third-order valence-corrected chi connectivity index (χ3v) is 3.36. The molecule has 2 nitrogen and oxygen atoms in total. The van der Waals surface area contributed by atoms with Crippen molar-refractivity contribution in [1.82, 2.24) is 5.32 Å². The van der Waals surface area contributed by atoms with Gasteiger partial charge in [0.25, 0.3) is 0 Å². The number of rotatable bonds is 2. The van der Waals surface area contributed by atoms with E-state index in [0.717, 1.165) is 0 Å². The molecule has 19 heavy (non-hydrogen) atoms. The van der Waals surface area contributed by atoms with Crippen LogP contribution in [0, 0.1) is 5.92 Å². The molecule has 0 aromatic rings. The van der Waals surface area contributed by atoms with Gasteiger partial charge in [-0.2, -0.15) is 26.3 Å². The highest BCUT2D eigenvalue weighted by Crippen LogP contribution is 2.39. The molecule has 1 fully saturated rings. The van der Waals surface area contributed by atoms with Crippen LogP contribution in [-0.4, -0.2) is 29.7 Å². The molecule has 1 saturated carbocycles.